The molecular weight excluding hydrogens is 332 g/mol. The molecule has 0 spiro atoms. The molecule has 1 atom stereocenters. The minimum Gasteiger partial charge on any atom is -0.385 e. The van der Waals surface area contributed by atoms with E-state index in [0.29, 0.717) is 17.2 Å². The standard InChI is InChI=1S/C13H16BrClN2O2/c1-8(18)9-6-10(15)12-11(7-9)17(16-13(12)14)4-3-5-19-2/h6-7,13,16H,3-5H2,1-2H3. The number of carbonyl (C=O) groups excluding carboxylic acids is 1. The lowest BCUT2D eigenvalue weighted by Gasteiger charge is -2.19. The number of Topliss-reactive ketones (excluding diaryl/α,β-unsaturated/α-hetero) is 1. The number of hydrazine groups is 1. The third kappa shape index (κ3) is 3.11. The number of benzene rings is 1. The summed E-state index contributed by atoms with van der Waals surface area (Å²) in [6.07, 6.45) is 0.893. The summed E-state index contributed by atoms with van der Waals surface area (Å²) >= 11 is 9.81. The van der Waals surface area contributed by atoms with E-state index in [1.165, 1.54) is 0 Å². The zero-order chi connectivity index (χ0) is 14.0. The van der Waals surface area contributed by atoms with Gasteiger partial charge in [-0.15, -0.1) is 0 Å². The number of nitrogens with zero attached hydrogens (tertiary/aromatic N) is 1. The molecule has 4 nitrogen and oxygen atoms in total. The zero-order valence-corrected chi connectivity index (χ0v) is 13.2. The minimum absolute atomic E-state index is 0.0135. The molecule has 0 aliphatic carbocycles. The summed E-state index contributed by atoms with van der Waals surface area (Å²) in [5.74, 6) is 0.0135. The van der Waals surface area contributed by atoms with Crippen LogP contribution in [0.25, 0.3) is 0 Å². The van der Waals surface area contributed by atoms with Gasteiger partial charge in [0.25, 0.3) is 0 Å². The molecule has 0 amide bonds. The van der Waals surface area contributed by atoms with Crippen LogP contribution in [0.15, 0.2) is 12.1 Å². The van der Waals surface area contributed by atoms with E-state index in [-0.39, 0.29) is 10.7 Å². The van der Waals surface area contributed by atoms with Crippen molar-refractivity contribution in [2.75, 3.05) is 25.3 Å². The lowest BCUT2D eigenvalue weighted by atomic mass is 10.1. The number of fused-ring (bicyclic) bond motifs is 1. The highest BCUT2D eigenvalue weighted by Crippen LogP contribution is 2.41. The lowest BCUT2D eigenvalue weighted by Crippen LogP contribution is -2.34. The van der Waals surface area contributed by atoms with Crippen LogP contribution in [0.1, 0.15) is 34.2 Å². The van der Waals surface area contributed by atoms with E-state index >= 15 is 0 Å². The molecule has 1 aromatic carbocycles. The highest BCUT2D eigenvalue weighted by atomic mass is 79.9. The van der Waals surface area contributed by atoms with Crippen molar-refractivity contribution < 1.29 is 9.53 Å². The molecule has 1 N–H and O–H groups in total. The molecule has 0 saturated heterocycles. The average Bonchev–Trinajstić information content (AvgIpc) is 2.67. The first-order valence-electron chi connectivity index (χ1n) is 6.05. The Morgan fingerprint density at radius 1 is 1.58 bits per heavy atom. The van der Waals surface area contributed by atoms with Crippen LogP contribution in [0, 0.1) is 0 Å². The number of ketones is 1. The predicted molar refractivity (Wildman–Crippen MR) is 80.1 cm³/mol. The van der Waals surface area contributed by atoms with E-state index in [1.54, 1.807) is 20.1 Å². The van der Waals surface area contributed by atoms with Gasteiger partial charge in [-0.25, -0.2) is 5.43 Å². The molecule has 1 aliphatic rings. The summed E-state index contributed by atoms with van der Waals surface area (Å²) in [6.45, 7) is 3.03. The van der Waals surface area contributed by atoms with Gasteiger partial charge in [0.15, 0.2) is 5.78 Å². The molecule has 1 aromatic rings. The van der Waals surface area contributed by atoms with Gasteiger partial charge in [0.05, 0.1) is 5.69 Å². The smallest absolute Gasteiger partial charge is 0.159 e. The van der Waals surface area contributed by atoms with Crippen molar-refractivity contribution in [3.05, 3.63) is 28.3 Å². The van der Waals surface area contributed by atoms with Crippen molar-refractivity contribution in [3.8, 4) is 0 Å². The lowest BCUT2D eigenvalue weighted by molar-refractivity contribution is 0.101. The largest absolute Gasteiger partial charge is 0.385 e. The first-order valence-corrected chi connectivity index (χ1v) is 7.35. The Hall–Kier alpha value is -0.620. The average molecular weight is 348 g/mol. The number of anilines is 1. The number of hydrogen-bond donors (Lipinski definition) is 1. The van der Waals surface area contributed by atoms with Crippen molar-refractivity contribution in [2.45, 2.75) is 18.3 Å². The Labute approximate surface area is 126 Å². The second-order valence-corrected chi connectivity index (χ2v) is 5.76. The molecule has 1 heterocycles. The number of alkyl halides is 1. The van der Waals surface area contributed by atoms with Gasteiger partial charge in [0, 0.05) is 36.4 Å². The van der Waals surface area contributed by atoms with Crippen molar-refractivity contribution in [2.24, 2.45) is 0 Å². The van der Waals surface area contributed by atoms with Crippen LogP contribution < -0.4 is 10.4 Å². The molecule has 19 heavy (non-hydrogen) atoms. The van der Waals surface area contributed by atoms with Crippen LogP contribution in [0.2, 0.25) is 5.02 Å². The van der Waals surface area contributed by atoms with Gasteiger partial charge < -0.3 is 9.75 Å². The van der Waals surface area contributed by atoms with Gasteiger partial charge in [-0.1, -0.05) is 27.5 Å². The van der Waals surface area contributed by atoms with Gasteiger partial charge in [0.2, 0.25) is 0 Å². The van der Waals surface area contributed by atoms with Crippen LogP contribution in [0.5, 0.6) is 0 Å². The second-order valence-electron chi connectivity index (χ2n) is 4.44. The molecular formula is C13H16BrClN2O2. The van der Waals surface area contributed by atoms with Crippen molar-refractivity contribution >= 4 is 39.0 Å². The van der Waals surface area contributed by atoms with Crippen LogP contribution in [-0.2, 0) is 4.74 Å². The van der Waals surface area contributed by atoms with E-state index in [2.05, 4.69) is 21.4 Å². The number of ether oxygens (including phenoxy) is 1. The number of nitrogens with one attached hydrogen (secondary N) is 1. The molecule has 0 fully saturated rings. The molecule has 1 unspecified atom stereocenters. The molecule has 6 heteroatoms. The number of halogens is 2. The molecule has 0 saturated carbocycles. The van der Waals surface area contributed by atoms with E-state index in [0.717, 1.165) is 24.2 Å². The number of methoxy groups -OCH3 is 1. The van der Waals surface area contributed by atoms with E-state index < -0.39 is 0 Å². The van der Waals surface area contributed by atoms with Crippen LogP contribution >= 0.6 is 27.5 Å². The summed E-state index contributed by atoms with van der Waals surface area (Å²) < 4.78 is 5.06. The third-order valence-corrected chi connectivity index (χ3v) is 4.03. The van der Waals surface area contributed by atoms with E-state index in [9.17, 15) is 4.79 Å². The minimum atomic E-state index is -0.0291. The molecule has 0 aromatic heterocycles. The van der Waals surface area contributed by atoms with Crippen molar-refractivity contribution in [1.29, 1.82) is 0 Å². The monoisotopic (exact) mass is 346 g/mol. The molecule has 0 bridgehead atoms. The number of carbonyl (C=O) groups is 1. The maximum absolute atomic E-state index is 11.5. The predicted octanol–water partition coefficient (Wildman–Crippen LogP) is 3.30. The fourth-order valence-corrected chi connectivity index (χ4v) is 3.29. The number of hydrogen-bond acceptors (Lipinski definition) is 4. The molecule has 2 rings (SSSR count). The molecule has 104 valence electrons. The fraction of sp³-hybridized carbons (Fsp3) is 0.462. The van der Waals surface area contributed by atoms with E-state index in [1.807, 2.05) is 11.1 Å². The Kier molecular flexibility index (Phi) is 4.84. The Balaban J connectivity index is 2.30. The van der Waals surface area contributed by atoms with Crippen molar-refractivity contribution in [1.82, 2.24) is 5.43 Å². The Morgan fingerprint density at radius 2 is 2.32 bits per heavy atom. The summed E-state index contributed by atoms with van der Waals surface area (Å²) in [6, 6.07) is 3.60. The second kappa shape index (κ2) is 6.22. The summed E-state index contributed by atoms with van der Waals surface area (Å²) in [4.78, 5) is 11.5. The van der Waals surface area contributed by atoms with Gasteiger partial charge in [0.1, 0.15) is 4.95 Å². The quantitative estimate of drug-likeness (QED) is 0.384. The maximum atomic E-state index is 11.5. The summed E-state index contributed by atoms with van der Waals surface area (Å²) in [7, 11) is 1.68. The Bertz CT molecular complexity index is 496. The van der Waals surface area contributed by atoms with Crippen molar-refractivity contribution in [3.63, 3.8) is 0 Å². The summed E-state index contributed by atoms with van der Waals surface area (Å²) in [5.41, 5.74) is 5.84. The normalized spacial score (nSPS) is 17.7. The zero-order valence-electron chi connectivity index (χ0n) is 10.9. The van der Waals surface area contributed by atoms with Gasteiger partial charge >= 0.3 is 0 Å². The highest BCUT2D eigenvalue weighted by molar-refractivity contribution is 9.09. The third-order valence-electron chi connectivity index (χ3n) is 3.06. The number of rotatable bonds is 5. The van der Waals surface area contributed by atoms with Crippen LogP contribution in [0.4, 0.5) is 5.69 Å². The topological polar surface area (TPSA) is 41.6 Å². The summed E-state index contributed by atoms with van der Waals surface area (Å²) in [5, 5.41) is 2.61. The van der Waals surface area contributed by atoms with Gasteiger partial charge in [-0.05, 0) is 25.5 Å². The highest BCUT2D eigenvalue weighted by Gasteiger charge is 2.29. The fourth-order valence-electron chi connectivity index (χ4n) is 2.10. The first-order chi connectivity index (χ1) is 9.04. The molecule has 1 aliphatic heterocycles. The van der Waals surface area contributed by atoms with E-state index in [4.69, 9.17) is 16.3 Å². The molecule has 0 radical (unpaired) electrons. The van der Waals surface area contributed by atoms with Crippen LogP contribution in [0.3, 0.4) is 0 Å². The van der Waals surface area contributed by atoms with Gasteiger partial charge in [-0.2, -0.15) is 0 Å². The maximum Gasteiger partial charge on any atom is 0.159 e. The van der Waals surface area contributed by atoms with Crippen LogP contribution in [-0.4, -0.2) is 26.0 Å². The SMILES string of the molecule is COCCCN1NC(Br)c2c(Cl)cc(C(C)=O)cc21. The Morgan fingerprint density at radius 3 is 2.95 bits per heavy atom. The first kappa shape index (κ1) is 14.8. The van der Waals surface area contributed by atoms with Gasteiger partial charge in [-0.3, -0.25) is 4.79 Å².